The molecule has 19 heavy (non-hydrogen) atoms. The van der Waals surface area contributed by atoms with Crippen LogP contribution in [0.15, 0.2) is 0 Å². The Morgan fingerprint density at radius 2 is 1.84 bits per heavy atom. The normalized spacial score (nSPS) is 22.1. The van der Waals surface area contributed by atoms with E-state index >= 15 is 0 Å². The predicted molar refractivity (Wildman–Crippen MR) is 77.9 cm³/mol. The first-order chi connectivity index (χ1) is 9.31. The van der Waals surface area contributed by atoms with Gasteiger partial charge < -0.3 is 15.5 Å². The zero-order valence-corrected chi connectivity index (χ0v) is 12.1. The van der Waals surface area contributed by atoms with Crippen molar-refractivity contribution in [1.29, 1.82) is 0 Å². The quantitative estimate of drug-likeness (QED) is 0.741. The van der Waals surface area contributed by atoms with Gasteiger partial charge in [0.25, 0.3) is 0 Å². The van der Waals surface area contributed by atoms with E-state index in [0.717, 1.165) is 58.4 Å². The molecular formula is C15H29N3O. The fourth-order valence-electron chi connectivity index (χ4n) is 2.98. The lowest BCUT2D eigenvalue weighted by Gasteiger charge is -2.31. The number of nitrogens with zero attached hydrogens (tertiary/aromatic N) is 2. The monoisotopic (exact) mass is 267 g/mol. The Labute approximate surface area is 117 Å². The first-order valence-corrected chi connectivity index (χ1v) is 8.02. The number of carbonyl (C=O) groups excluding carboxylic acids is 1. The molecule has 2 rings (SSSR count). The predicted octanol–water partition coefficient (Wildman–Crippen LogP) is 1.45. The standard InChI is InChI=1S/C15H29N3O/c16-8-2-1-3-9-17-10-5-11-18(13-12-17)15(19)14-6-4-7-14/h14H,1-13,16H2. The van der Waals surface area contributed by atoms with Crippen LogP contribution in [0.4, 0.5) is 0 Å². The molecule has 0 unspecified atom stereocenters. The second-order valence-corrected chi connectivity index (χ2v) is 6.00. The molecule has 2 aliphatic rings. The van der Waals surface area contributed by atoms with E-state index in [1.807, 2.05) is 0 Å². The molecule has 0 atom stereocenters. The summed E-state index contributed by atoms with van der Waals surface area (Å²) in [7, 11) is 0. The molecule has 0 radical (unpaired) electrons. The van der Waals surface area contributed by atoms with Crippen molar-refractivity contribution >= 4 is 5.91 Å². The number of amides is 1. The second-order valence-electron chi connectivity index (χ2n) is 6.00. The van der Waals surface area contributed by atoms with Crippen LogP contribution in [0.1, 0.15) is 44.9 Å². The Morgan fingerprint density at radius 3 is 2.53 bits per heavy atom. The van der Waals surface area contributed by atoms with Crippen molar-refractivity contribution in [3.8, 4) is 0 Å². The van der Waals surface area contributed by atoms with E-state index in [-0.39, 0.29) is 0 Å². The van der Waals surface area contributed by atoms with E-state index in [1.165, 1.54) is 25.8 Å². The van der Waals surface area contributed by atoms with Crippen LogP contribution in [0.3, 0.4) is 0 Å². The lowest BCUT2D eigenvalue weighted by molar-refractivity contribution is -0.138. The molecule has 4 heteroatoms. The van der Waals surface area contributed by atoms with Gasteiger partial charge in [-0.25, -0.2) is 0 Å². The Kier molecular flexibility index (Phi) is 6.11. The van der Waals surface area contributed by atoms with Crippen LogP contribution in [0.2, 0.25) is 0 Å². The summed E-state index contributed by atoms with van der Waals surface area (Å²) in [5.41, 5.74) is 5.51. The fraction of sp³-hybridized carbons (Fsp3) is 0.933. The molecule has 1 saturated heterocycles. The summed E-state index contributed by atoms with van der Waals surface area (Å²) in [6.07, 6.45) is 8.24. The molecule has 0 aromatic carbocycles. The largest absolute Gasteiger partial charge is 0.341 e. The molecule has 4 nitrogen and oxygen atoms in total. The minimum absolute atomic E-state index is 0.358. The second kappa shape index (κ2) is 7.85. The highest BCUT2D eigenvalue weighted by Gasteiger charge is 2.30. The van der Waals surface area contributed by atoms with E-state index in [2.05, 4.69) is 9.80 Å². The van der Waals surface area contributed by atoms with Gasteiger partial charge in [0, 0.05) is 25.6 Å². The van der Waals surface area contributed by atoms with Crippen molar-refractivity contribution in [3.63, 3.8) is 0 Å². The van der Waals surface area contributed by atoms with Crippen molar-refractivity contribution < 1.29 is 4.79 Å². The fourth-order valence-corrected chi connectivity index (χ4v) is 2.98. The Hall–Kier alpha value is -0.610. The zero-order valence-electron chi connectivity index (χ0n) is 12.1. The van der Waals surface area contributed by atoms with Crippen molar-refractivity contribution in [2.24, 2.45) is 11.7 Å². The van der Waals surface area contributed by atoms with Crippen LogP contribution >= 0.6 is 0 Å². The molecule has 110 valence electrons. The Morgan fingerprint density at radius 1 is 1.00 bits per heavy atom. The highest BCUT2D eigenvalue weighted by molar-refractivity contribution is 5.79. The summed E-state index contributed by atoms with van der Waals surface area (Å²) in [5.74, 6) is 0.785. The van der Waals surface area contributed by atoms with Crippen molar-refractivity contribution in [2.45, 2.75) is 44.9 Å². The molecule has 1 aliphatic heterocycles. The van der Waals surface area contributed by atoms with Gasteiger partial charge >= 0.3 is 0 Å². The van der Waals surface area contributed by atoms with Crippen molar-refractivity contribution in [3.05, 3.63) is 0 Å². The van der Waals surface area contributed by atoms with Crippen LogP contribution in [0.5, 0.6) is 0 Å². The topological polar surface area (TPSA) is 49.6 Å². The number of hydrogen-bond donors (Lipinski definition) is 1. The molecule has 1 saturated carbocycles. The lowest BCUT2D eigenvalue weighted by atomic mass is 9.84. The van der Waals surface area contributed by atoms with E-state index in [4.69, 9.17) is 5.73 Å². The molecule has 0 bridgehead atoms. The molecule has 1 aliphatic carbocycles. The van der Waals surface area contributed by atoms with Crippen LogP contribution in [0, 0.1) is 5.92 Å². The number of carbonyl (C=O) groups is 1. The van der Waals surface area contributed by atoms with Crippen LogP contribution in [0.25, 0.3) is 0 Å². The smallest absolute Gasteiger partial charge is 0.225 e. The minimum atomic E-state index is 0.358. The summed E-state index contributed by atoms with van der Waals surface area (Å²) >= 11 is 0. The third-order valence-corrected chi connectivity index (χ3v) is 4.53. The van der Waals surface area contributed by atoms with Gasteiger partial charge in [-0.2, -0.15) is 0 Å². The summed E-state index contributed by atoms with van der Waals surface area (Å²) in [4.78, 5) is 16.9. The first kappa shape index (κ1) is 14.8. The summed E-state index contributed by atoms with van der Waals surface area (Å²) in [6.45, 7) is 6.09. The summed E-state index contributed by atoms with van der Waals surface area (Å²) < 4.78 is 0. The van der Waals surface area contributed by atoms with E-state index in [1.54, 1.807) is 0 Å². The van der Waals surface area contributed by atoms with E-state index in [9.17, 15) is 4.79 Å². The van der Waals surface area contributed by atoms with Gasteiger partial charge in [0.2, 0.25) is 5.91 Å². The molecule has 0 aromatic rings. The number of unbranched alkanes of at least 4 members (excludes halogenated alkanes) is 2. The van der Waals surface area contributed by atoms with Crippen LogP contribution in [-0.4, -0.2) is 55.0 Å². The molecule has 2 N–H and O–H groups in total. The lowest BCUT2D eigenvalue weighted by Crippen LogP contribution is -2.41. The average molecular weight is 267 g/mol. The molecular weight excluding hydrogens is 238 g/mol. The third kappa shape index (κ3) is 4.46. The Bertz CT molecular complexity index is 279. The summed E-state index contributed by atoms with van der Waals surface area (Å²) in [6, 6.07) is 0. The van der Waals surface area contributed by atoms with E-state index < -0.39 is 0 Å². The number of hydrogen-bond acceptors (Lipinski definition) is 3. The van der Waals surface area contributed by atoms with Crippen LogP contribution in [-0.2, 0) is 4.79 Å². The maximum Gasteiger partial charge on any atom is 0.225 e. The number of nitrogens with two attached hydrogens (primary N) is 1. The van der Waals surface area contributed by atoms with Gasteiger partial charge in [-0.15, -0.1) is 0 Å². The zero-order chi connectivity index (χ0) is 13.5. The van der Waals surface area contributed by atoms with Gasteiger partial charge in [0.15, 0.2) is 0 Å². The highest BCUT2D eigenvalue weighted by Crippen LogP contribution is 2.28. The SMILES string of the molecule is NCCCCCN1CCCN(C(=O)C2CCC2)CC1. The van der Waals surface area contributed by atoms with Gasteiger partial charge in [-0.1, -0.05) is 12.8 Å². The molecule has 1 heterocycles. The molecule has 0 spiro atoms. The van der Waals surface area contributed by atoms with Crippen molar-refractivity contribution in [2.75, 3.05) is 39.3 Å². The van der Waals surface area contributed by atoms with Crippen LogP contribution < -0.4 is 5.73 Å². The van der Waals surface area contributed by atoms with E-state index in [0.29, 0.717) is 11.8 Å². The van der Waals surface area contributed by atoms with Gasteiger partial charge in [-0.05, 0) is 51.7 Å². The first-order valence-electron chi connectivity index (χ1n) is 8.02. The third-order valence-electron chi connectivity index (χ3n) is 4.53. The van der Waals surface area contributed by atoms with Gasteiger partial charge in [0.1, 0.15) is 0 Å². The average Bonchev–Trinajstić information content (AvgIpc) is 2.58. The molecule has 2 fully saturated rings. The highest BCUT2D eigenvalue weighted by atomic mass is 16.2. The Balaban J connectivity index is 1.67. The minimum Gasteiger partial charge on any atom is -0.341 e. The van der Waals surface area contributed by atoms with Gasteiger partial charge in [0.05, 0.1) is 0 Å². The summed E-state index contributed by atoms with van der Waals surface area (Å²) in [5, 5.41) is 0. The number of rotatable bonds is 6. The maximum atomic E-state index is 12.2. The molecule has 0 aromatic heterocycles. The molecule has 1 amide bonds. The van der Waals surface area contributed by atoms with Gasteiger partial charge in [-0.3, -0.25) is 4.79 Å². The maximum absolute atomic E-state index is 12.2. The van der Waals surface area contributed by atoms with Crippen molar-refractivity contribution in [1.82, 2.24) is 9.80 Å².